The van der Waals surface area contributed by atoms with Crippen molar-refractivity contribution in [2.75, 3.05) is 6.61 Å². The molecule has 5 heteroatoms. The summed E-state index contributed by atoms with van der Waals surface area (Å²) in [5.41, 5.74) is -0.0407. The van der Waals surface area contributed by atoms with Crippen molar-refractivity contribution in [3.63, 3.8) is 0 Å². The number of ether oxygens (including phenoxy) is 1. The number of rotatable bonds is 4. The van der Waals surface area contributed by atoms with Crippen molar-refractivity contribution < 1.29 is 14.6 Å². The van der Waals surface area contributed by atoms with E-state index in [-0.39, 0.29) is 12.2 Å². The monoisotopic (exact) mass is 246 g/mol. The van der Waals surface area contributed by atoms with Gasteiger partial charge in [-0.1, -0.05) is 29.8 Å². The number of halogens is 2. The van der Waals surface area contributed by atoms with Gasteiger partial charge in [-0.3, -0.25) is 0 Å². The third-order valence-corrected chi connectivity index (χ3v) is 2.13. The molecule has 0 fully saturated rings. The summed E-state index contributed by atoms with van der Waals surface area (Å²) in [6, 6.07) is 4.69. The van der Waals surface area contributed by atoms with Gasteiger partial charge in [-0.05, 0) is 18.2 Å². The van der Waals surface area contributed by atoms with Crippen LogP contribution in [0.3, 0.4) is 0 Å². The standard InChI is InChI=1S/C10H8Cl2O3/c1-6(10(13)14)5-15-9-3-2-7(11)4-8(9)12/h2-4H,1,5H2,(H,13,14). The van der Waals surface area contributed by atoms with E-state index in [1.165, 1.54) is 6.07 Å². The average Bonchev–Trinajstić information content (AvgIpc) is 2.15. The van der Waals surface area contributed by atoms with Crippen LogP contribution in [0.5, 0.6) is 5.75 Å². The number of carboxylic acid groups (broad SMARTS) is 1. The fraction of sp³-hybridized carbons (Fsp3) is 0.100. The van der Waals surface area contributed by atoms with E-state index in [1.54, 1.807) is 12.1 Å². The molecule has 0 aliphatic carbocycles. The molecule has 0 unspecified atom stereocenters. The summed E-state index contributed by atoms with van der Waals surface area (Å²) in [6.45, 7) is 3.21. The molecule has 1 aromatic rings. The molecule has 0 bridgehead atoms. The zero-order valence-corrected chi connectivity index (χ0v) is 9.18. The van der Waals surface area contributed by atoms with Crippen molar-refractivity contribution in [2.24, 2.45) is 0 Å². The molecule has 80 valence electrons. The summed E-state index contributed by atoms with van der Waals surface area (Å²) in [5.74, 6) is -0.719. The Hall–Kier alpha value is -1.19. The zero-order valence-electron chi connectivity index (χ0n) is 7.67. The largest absolute Gasteiger partial charge is 0.487 e. The molecule has 0 heterocycles. The minimum atomic E-state index is -1.10. The van der Waals surface area contributed by atoms with Crippen molar-refractivity contribution in [2.45, 2.75) is 0 Å². The van der Waals surface area contributed by atoms with Crippen molar-refractivity contribution in [3.05, 3.63) is 40.4 Å². The Morgan fingerprint density at radius 3 is 2.67 bits per heavy atom. The van der Waals surface area contributed by atoms with Crippen molar-refractivity contribution in [3.8, 4) is 5.75 Å². The minimum absolute atomic E-state index is 0.0407. The van der Waals surface area contributed by atoms with Crippen molar-refractivity contribution >= 4 is 29.2 Å². The normalized spacial score (nSPS) is 9.73. The number of benzene rings is 1. The highest BCUT2D eigenvalue weighted by atomic mass is 35.5. The lowest BCUT2D eigenvalue weighted by molar-refractivity contribution is -0.133. The molecule has 0 saturated carbocycles. The summed E-state index contributed by atoms with van der Waals surface area (Å²) in [5, 5.41) is 9.36. The smallest absolute Gasteiger partial charge is 0.334 e. The first-order chi connectivity index (χ1) is 7.00. The molecule has 0 aliphatic heterocycles. The van der Waals surface area contributed by atoms with Gasteiger partial charge in [-0.2, -0.15) is 0 Å². The van der Waals surface area contributed by atoms with Crippen molar-refractivity contribution in [1.29, 1.82) is 0 Å². The minimum Gasteiger partial charge on any atom is -0.487 e. The van der Waals surface area contributed by atoms with E-state index < -0.39 is 5.97 Å². The van der Waals surface area contributed by atoms with Gasteiger partial charge in [-0.25, -0.2) is 4.79 Å². The van der Waals surface area contributed by atoms with Crippen LogP contribution in [0.4, 0.5) is 0 Å². The Labute approximate surface area is 96.9 Å². The molecule has 0 saturated heterocycles. The maximum Gasteiger partial charge on any atom is 0.334 e. The molecule has 15 heavy (non-hydrogen) atoms. The predicted molar refractivity (Wildman–Crippen MR) is 58.7 cm³/mol. The lowest BCUT2D eigenvalue weighted by Crippen LogP contribution is -2.08. The molecule has 0 spiro atoms. The fourth-order valence-corrected chi connectivity index (χ4v) is 1.28. The molecule has 1 N–H and O–H groups in total. The lowest BCUT2D eigenvalue weighted by Gasteiger charge is -2.07. The summed E-state index contributed by atoms with van der Waals surface area (Å²) in [6.07, 6.45) is 0. The second-order valence-corrected chi connectivity index (χ2v) is 3.62. The third kappa shape index (κ3) is 3.46. The van der Waals surface area contributed by atoms with Gasteiger partial charge >= 0.3 is 5.97 Å². The molecule has 0 radical (unpaired) electrons. The van der Waals surface area contributed by atoms with E-state index in [9.17, 15) is 4.79 Å². The first-order valence-corrected chi connectivity index (χ1v) is 4.75. The molecule has 3 nitrogen and oxygen atoms in total. The van der Waals surface area contributed by atoms with Crippen LogP contribution in [0.15, 0.2) is 30.4 Å². The van der Waals surface area contributed by atoms with Crippen molar-refractivity contribution in [1.82, 2.24) is 0 Å². The SMILES string of the molecule is C=C(COc1ccc(Cl)cc1Cl)C(=O)O. The van der Waals surface area contributed by atoms with Gasteiger partial charge in [0.15, 0.2) is 0 Å². The molecule has 0 atom stereocenters. The van der Waals surface area contributed by atoms with Crippen LogP contribution in [0.1, 0.15) is 0 Å². The molecule has 1 rings (SSSR count). The highest BCUT2D eigenvalue weighted by molar-refractivity contribution is 6.35. The van der Waals surface area contributed by atoms with Gasteiger partial charge in [0.1, 0.15) is 12.4 Å². The van der Waals surface area contributed by atoms with Crippen LogP contribution in [-0.4, -0.2) is 17.7 Å². The second-order valence-electron chi connectivity index (χ2n) is 2.77. The fourth-order valence-electron chi connectivity index (χ4n) is 0.819. The summed E-state index contributed by atoms with van der Waals surface area (Å²) in [7, 11) is 0. The first-order valence-electron chi connectivity index (χ1n) is 3.99. The molecule has 0 aliphatic rings. The molecule has 0 aromatic heterocycles. The van der Waals surface area contributed by atoms with E-state index in [2.05, 4.69) is 6.58 Å². The van der Waals surface area contributed by atoms with Gasteiger partial charge in [0, 0.05) is 5.02 Å². The Morgan fingerprint density at radius 1 is 1.47 bits per heavy atom. The number of carboxylic acids is 1. The Bertz CT molecular complexity index is 402. The number of hydrogen-bond donors (Lipinski definition) is 1. The highest BCUT2D eigenvalue weighted by Crippen LogP contribution is 2.27. The topological polar surface area (TPSA) is 46.5 Å². The van der Waals surface area contributed by atoms with Gasteiger partial charge in [-0.15, -0.1) is 0 Å². The second kappa shape index (κ2) is 5.05. The van der Waals surface area contributed by atoms with E-state index >= 15 is 0 Å². The van der Waals surface area contributed by atoms with E-state index in [4.69, 9.17) is 33.0 Å². The maximum atomic E-state index is 10.4. The third-order valence-electron chi connectivity index (χ3n) is 1.60. The number of hydrogen-bond acceptors (Lipinski definition) is 2. The Balaban J connectivity index is 2.66. The molecule has 0 amide bonds. The summed E-state index contributed by atoms with van der Waals surface area (Å²) < 4.78 is 5.14. The highest BCUT2D eigenvalue weighted by Gasteiger charge is 2.07. The quantitative estimate of drug-likeness (QED) is 0.832. The van der Waals surface area contributed by atoms with Crippen LogP contribution in [0, 0.1) is 0 Å². The van der Waals surface area contributed by atoms with Crippen LogP contribution < -0.4 is 4.74 Å². The van der Waals surface area contributed by atoms with Crippen LogP contribution in [0.25, 0.3) is 0 Å². The number of aliphatic carboxylic acids is 1. The molecular formula is C10H8Cl2O3. The van der Waals surface area contributed by atoms with E-state index in [0.29, 0.717) is 15.8 Å². The number of carbonyl (C=O) groups is 1. The molecule has 1 aromatic carbocycles. The van der Waals surface area contributed by atoms with Crippen LogP contribution in [0.2, 0.25) is 10.0 Å². The van der Waals surface area contributed by atoms with E-state index in [0.717, 1.165) is 0 Å². The van der Waals surface area contributed by atoms with E-state index in [1.807, 2.05) is 0 Å². The Kier molecular flexibility index (Phi) is 4.00. The maximum absolute atomic E-state index is 10.4. The zero-order chi connectivity index (χ0) is 11.4. The average molecular weight is 247 g/mol. The van der Waals surface area contributed by atoms with Gasteiger partial charge in [0.25, 0.3) is 0 Å². The summed E-state index contributed by atoms with van der Waals surface area (Å²) in [4.78, 5) is 10.4. The van der Waals surface area contributed by atoms with Gasteiger partial charge in [0.05, 0.1) is 10.6 Å². The van der Waals surface area contributed by atoms with Crippen LogP contribution in [-0.2, 0) is 4.79 Å². The van der Waals surface area contributed by atoms with Gasteiger partial charge < -0.3 is 9.84 Å². The Morgan fingerprint density at radius 2 is 2.13 bits per heavy atom. The summed E-state index contributed by atoms with van der Waals surface area (Å²) >= 11 is 11.5. The predicted octanol–water partition coefficient (Wildman–Crippen LogP) is 3.01. The molecular weight excluding hydrogens is 239 g/mol. The first kappa shape index (κ1) is 11.9. The lowest BCUT2D eigenvalue weighted by atomic mass is 10.3. The van der Waals surface area contributed by atoms with Gasteiger partial charge in [0.2, 0.25) is 0 Å². The van der Waals surface area contributed by atoms with Crippen LogP contribution >= 0.6 is 23.2 Å².